The van der Waals surface area contributed by atoms with E-state index >= 15 is 0 Å². The lowest BCUT2D eigenvalue weighted by atomic mass is 9.95. The Kier molecular flexibility index (Phi) is 3.92. The molecule has 0 N–H and O–H groups in total. The van der Waals surface area contributed by atoms with Crippen molar-refractivity contribution in [2.75, 3.05) is 7.11 Å². The van der Waals surface area contributed by atoms with Gasteiger partial charge in [0.15, 0.2) is 5.78 Å². The molecule has 0 aliphatic carbocycles. The standard InChI is InChI=1S/C22H21NO2/c1-15(24)21-19-7-3-4-8-20(19)23-13-5-6-17(22(21)23)14-16-9-11-18(25-2)12-10-16/h3-4,7-12,14H,5-6,13H2,1-2H3/b17-14+. The molecule has 4 rings (SSSR count). The van der Waals surface area contributed by atoms with Crippen molar-refractivity contribution in [3.63, 3.8) is 0 Å². The Balaban J connectivity index is 1.91. The van der Waals surface area contributed by atoms with E-state index in [0.717, 1.165) is 52.9 Å². The number of hydrogen-bond acceptors (Lipinski definition) is 2. The number of aromatic nitrogens is 1. The molecule has 0 spiro atoms. The lowest BCUT2D eigenvalue weighted by Gasteiger charge is -2.20. The number of Topliss-reactive ketones (excluding diaryl/α,β-unsaturated/α-hetero) is 1. The average Bonchev–Trinajstić information content (AvgIpc) is 2.98. The number of nitrogens with zero attached hydrogens (tertiary/aromatic N) is 1. The van der Waals surface area contributed by atoms with Gasteiger partial charge in [0, 0.05) is 17.4 Å². The van der Waals surface area contributed by atoms with Crippen LogP contribution in [0, 0.1) is 0 Å². The van der Waals surface area contributed by atoms with Gasteiger partial charge in [-0.05, 0) is 55.2 Å². The monoisotopic (exact) mass is 331 g/mol. The van der Waals surface area contributed by atoms with Gasteiger partial charge in [0.1, 0.15) is 5.75 Å². The molecule has 2 aromatic carbocycles. The molecule has 0 radical (unpaired) electrons. The van der Waals surface area contributed by atoms with E-state index in [2.05, 4.69) is 34.9 Å². The molecule has 0 amide bonds. The molecule has 0 unspecified atom stereocenters. The lowest BCUT2D eigenvalue weighted by Crippen LogP contribution is -2.11. The van der Waals surface area contributed by atoms with E-state index in [4.69, 9.17) is 4.74 Å². The van der Waals surface area contributed by atoms with Crippen molar-refractivity contribution in [3.05, 3.63) is 65.4 Å². The molecule has 1 aliphatic heterocycles. The summed E-state index contributed by atoms with van der Waals surface area (Å²) < 4.78 is 7.55. The largest absolute Gasteiger partial charge is 0.497 e. The fourth-order valence-corrected chi connectivity index (χ4v) is 3.81. The van der Waals surface area contributed by atoms with Gasteiger partial charge in [-0.25, -0.2) is 0 Å². The highest BCUT2D eigenvalue weighted by Crippen LogP contribution is 2.38. The predicted molar refractivity (Wildman–Crippen MR) is 102 cm³/mol. The minimum Gasteiger partial charge on any atom is -0.497 e. The number of carbonyl (C=O) groups is 1. The zero-order chi connectivity index (χ0) is 17.4. The third kappa shape index (κ3) is 2.66. The van der Waals surface area contributed by atoms with Gasteiger partial charge in [-0.15, -0.1) is 0 Å². The molecular weight excluding hydrogens is 310 g/mol. The second-order valence-corrected chi connectivity index (χ2v) is 6.49. The van der Waals surface area contributed by atoms with Crippen molar-refractivity contribution in [1.82, 2.24) is 4.57 Å². The van der Waals surface area contributed by atoms with Crippen LogP contribution >= 0.6 is 0 Å². The van der Waals surface area contributed by atoms with Crippen molar-refractivity contribution < 1.29 is 9.53 Å². The fourth-order valence-electron chi connectivity index (χ4n) is 3.81. The summed E-state index contributed by atoms with van der Waals surface area (Å²) in [5.41, 5.74) is 5.47. The summed E-state index contributed by atoms with van der Waals surface area (Å²) in [5.74, 6) is 0.983. The van der Waals surface area contributed by atoms with E-state index in [1.807, 2.05) is 24.3 Å². The van der Waals surface area contributed by atoms with E-state index in [1.54, 1.807) is 14.0 Å². The molecule has 3 nitrogen and oxygen atoms in total. The predicted octanol–water partition coefficient (Wildman–Crippen LogP) is 5.19. The number of ether oxygens (including phenoxy) is 1. The molecular formula is C22H21NO2. The Morgan fingerprint density at radius 3 is 2.60 bits per heavy atom. The van der Waals surface area contributed by atoms with E-state index in [9.17, 15) is 4.79 Å². The average molecular weight is 331 g/mol. The number of carbonyl (C=O) groups excluding carboxylic acids is 1. The van der Waals surface area contributed by atoms with E-state index in [0.29, 0.717) is 0 Å². The van der Waals surface area contributed by atoms with Crippen LogP contribution in [0.4, 0.5) is 0 Å². The van der Waals surface area contributed by atoms with Crippen LogP contribution in [0.3, 0.4) is 0 Å². The highest BCUT2D eigenvalue weighted by Gasteiger charge is 2.25. The van der Waals surface area contributed by atoms with Crippen LogP contribution in [0.1, 0.15) is 41.4 Å². The number of benzene rings is 2. The zero-order valence-electron chi connectivity index (χ0n) is 14.6. The van der Waals surface area contributed by atoms with Gasteiger partial charge in [0.25, 0.3) is 0 Å². The van der Waals surface area contributed by atoms with Crippen LogP contribution < -0.4 is 4.74 Å². The summed E-state index contributed by atoms with van der Waals surface area (Å²) in [6.45, 7) is 2.63. The molecule has 0 atom stereocenters. The van der Waals surface area contributed by atoms with Gasteiger partial charge in [-0.1, -0.05) is 30.3 Å². The Hall–Kier alpha value is -2.81. The summed E-state index contributed by atoms with van der Waals surface area (Å²) in [5, 5.41) is 1.06. The summed E-state index contributed by atoms with van der Waals surface area (Å²) >= 11 is 0. The lowest BCUT2D eigenvalue weighted by molar-refractivity contribution is 0.101. The number of para-hydroxylation sites is 1. The summed E-state index contributed by atoms with van der Waals surface area (Å²) in [6, 6.07) is 16.3. The van der Waals surface area contributed by atoms with Crippen molar-refractivity contribution in [3.8, 4) is 5.75 Å². The number of hydrogen-bond donors (Lipinski definition) is 0. The summed E-state index contributed by atoms with van der Waals surface area (Å²) in [7, 11) is 1.67. The molecule has 1 aliphatic rings. The molecule has 2 heterocycles. The van der Waals surface area contributed by atoms with Crippen LogP contribution in [0.5, 0.6) is 5.75 Å². The number of allylic oxidation sites excluding steroid dienone is 1. The maximum absolute atomic E-state index is 12.4. The zero-order valence-corrected chi connectivity index (χ0v) is 14.6. The van der Waals surface area contributed by atoms with Gasteiger partial charge < -0.3 is 9.30 Å². The molecule has 0 saturated carbocycles. The van der Waals surface area contributed by atoms with E-state index in [1.165, 1.54) is 5.57 Å². The van der Waals surface area contributed by atoms with Crippen LogP contribution in [0.2, 0.25) is 0 Å². The van der Waals surface area contributed by atoms with Crippen LogP contribution in [0.15, 0.2) is 48.5 Å². The molecule has 126 valence electrons. The minimum atomic E-state index is 0.132. The van der Waals surface area contributed by atoms with Crippen LogP contribution in [-0.2, 0) is 6.54 Å². The Bertz CT molecular complexity index is 977. The SMILES string of the molecule is COc1ccc(/C=C2\CCCn3c2c(C(C)=O)c2ccccc23)cc1. The topological polar surface area (TPSA) is 31.2 Å². The highest BCUT2D eigenvalue weighted by molar-refractivity contribution is 6.12. The molecule has 3 aromatic rings. The summed E-state index contributed by atoms with van der Waals surface area (Å²) in [6.07, 6.45) is 4.28. The van der Waals surface area contributed by atoms with Crippen molar-refractivity contribution in [2.24, 2.45) is 0 Å². The number of rotatable bonds is 3. The smallest absolute Gasteiger partial charge is 0.162 e. The van der Waals surface area contributed by atoms with Crippen LogP contribution in [0.25, 0.3) is 22.6 Å². The number of ketones is 1. The van der Waals surface area contributed by atoms with Gasteiger partial charge >= 0.3 is 0 Å². The third-order valence-corrected chi connectivity index (χ3v) is 4.91. The molecule has 0 saturated heterocycles. The first-order chi connectivity index (χ1) is 12.2. The number of methoxy groups -OCH3 is 1. The Morgan fingerprint density at radius 1 is 1.12 bits per heavy atom. The first-order valence-corrected chi connectivity index (χ1v) is 8.66. The molecule has 0 bridgehead atoms. The van der Waals surface area contributed by atoms with Gasteiger partial charge in [-0.2, -0.15) is 0 Å². The number of aryl methyl sites for hydroxylation is 1. The molecule has 25 heavy (non-hydrogen) atoms. The van der Waals surface area contributed by atoms with Crippen molar-refractivity contribution in [2.45, 2.75) is 26.3 Å². The van der Waals surface area contributed by atoms with Gasteiger partial charge in [-0.3, -0.25) is 4.79 Å². The Labute approximate surface area is 147 Å². The van der Waals surface area contributed by atoms with Crippen LogP contribution in [-0.4, -0.2) is 17.5 Å². The second kappa shape index (κ2) is 6.25. The fraction of sp³-hybridized carbons (Fsp3) is 0.227. The van der Waals surface area contributed by atoms with E-state index in [-0.39, 0.29) is 5.78 Å². The number of fused-ring (bicyclic) bond motifs is 3. The normalized spacial score (nSPS) is 15.4. The second-order valence-electron chi connectivity index (χ2n) is 6.49. The highest BCUT2D eigenvalue weighted by atomic mass is 16.5. The molecule has 0 fully saturated rings. The van der Waals surface area contributed by atoms with Crippen molar-refractivity contribution in [1.29, 1.82) is 0 Å². The summed E-state index contributed by atoms with van der Waals surface area (Å²) in [4.78, 5) is 12.4. The quantitative estimate of drug-likeness (QED) is 0.619. The minimum absolute atomic E-state index is 0.132. The van der Waals surface area contributed by atoms with Crippen molar-refractivity contribution >= 4 is 28.3 Å². The molecule has 3 heteroatoms. The maximum Gasteiger partial charge on any atom is 0.162 e. The van der Waals surface area contributed by atoms with Gasteiger partial charge in [0.2, 0.25) is 0 Å². The van der Waals surface area contributed by atoms with E-state index < -0.39 is 0 Å². The first-order valence-electron chi connectivity index (χ1n) is 8.66. The third-order valence-electron chi connectivity index (χ3n) is 4.91. The maximum atomic E-state index is 12.4. The molecule has 1 aromatic heterocycles. The Morgan fingerprint density at radius 2 is 1.88 bits per heavy atom. The van der Waals surface area contributed by atoms with Gasteiger partial charge in [0.05, 0.1) is 18.4 Å². The first kappa shape index (κ1) is 15.7.